The van der Waals surface area contributed by atoms with Crippen molar-refractivity contribution in [2.24, 2.45) is 5.92 Å². The van der Waals surface area contributed by atoms with Crippen molar-refractivity contribution in [2.45, 2.75) is 33.3 Å². The third-order valence-electron chi connectivity index (χ3n) is 2.95. The molecule has 1 N–H and O–H groups in total. The Bertz CT molecular complexity index is 433. The first-order valence-corrected chi connectivity index (χ1v) is 7.22. The Kier molecular flexibility index (Phi) is 7.94. The molecule has 0 heterocycles. The van der Waals surface area contributed by atoms with Gasteiger partial charge in [0, 0.05) is 13.0 Å². The molecule has 0 aliphatic rings. The molecule has 0 saturated heterocycles. The lowest BCUT2D eigenvalue weighted by atomic mass is 10.1. The molecule has 0 spiro atoms. The number of rotatable bonds is 8. The van der Waals surface area contributed by atoms with Gasteiger partial charge in [0.2, 0.25) is 0 Å². The van der Waals surface area contributed by atoms with E-state index in [-0.39, 0.29) is 18.5 Å². The zero-order chi connectivity index (χ0) is 15.5. The number of alkyl carbamates (subject to hydrolysis) is 1. The van der Waals surface area contributed by atoms with Gasteiger partial charge in [-0.05, 0) is 24.8 Å². The fourth-order valence-electron chi connectivity index (χ4n) is 1.73. The Balaban J connectivity index is 2.13. The van der Waals surface area contributed by atoms with E-state index in [1.54, 1.807) is 6.92 Å². The lowest BCUT2D eigenvalue weighted by molar-refractivity contribution is -0.143. The molecule has 5 nitrogen and oxygen atoms in total. The normalized spacial score (nSPS) is 11.5. The molecule has 1 amide bonds. The molecular formula is C16H23NO4. The van der Waals surface area contributed by atoms with Gasteiger partial charge < -0.3 is 14.8 Å². The van der Waals surface area contributed by atoms with Gasteiger partial charge in [-0.1, -0.05) is 37.3 Å². The molecular weight excluding hydrogens is 270 g/mol. The second kappa shape index (κ2) is 9.80. The average molecular weight is 293 g/mol. The molecule has 1 aromatic rings. The van der Waals surface area contributed by atoms with Crippen LogP contribution in [0.3, 0.4) is 0 Å². The van der Waals surface area contributed by atoms with Crippen molar-refractivity contribution in [3.8, 4) is 0 Å². The molecule has 0 aliphatic heterocycles. The fourth-order valence-corrected chi connectivity index (χ4v) is 1.73. The second-order valence-electron chi connectivity index (χ2n) is 4.89. The molecule has 0 fully saturated rings. The highest BCUT2D eigenvalue weighted by molar-refractivity contribution is 5.69. The van der Waals surface area contributed by atoms with Gasteiger partial charge in [-0.2, -0.15) is 0 Å². The van der Waals surface area contributed by atoms with E-state index in [0.717, 1.165) is 5.56 Å². The summed E-state index contributed by atoms with van der Waals surface area (Å²) in [5.41, 5.74) is 0.947. The van der Waals surface area contributed by atoms with E-state index in [2.05, 4.69) is 5.32 Å². The molecule has 0 saturated carbocycles. The number of hydrogen-bond donors (Lipinski definition) is 1. The van der Waals surface area contributed by atoms with Crippen LogP contribution in [-0.2, 0) is 20.9 Å². The third kappa shape index (κ3) is 7.97. The van der Waals surface area contributed by atoms with Gasteiger partial charge in [-0.15, -0.1) is 0 Å². The number of esters is 1. The molecule has 0 unspecified atom stereocenters. The molecule has 0 radical (unpaired) electrons. The summed E-state index contributed by atoms with van der Waals surface area (Å²) in [5.74, 6) is -0.00492. The molecule has 116 valence electrons. The smallest absolute Gasteiger partial charge is 0.407 e. The number of nitrogens with one attached hydrogen (secondary N) is 1. The van der Waals surface area contributed by atoms with Crippen molar-refractivity contribution in [1.29, 1.82) is 0 Å². The van der Waals surface area contributed by atoms with Gasteiger partial charge in [0.25, 0.3) is 0 Å². The highest BCUT2D eigenvalue weighted by Crippen LogP contribution is 2.06. The second-order valence-corrected chi connectivity index (χ2v) is 4.89. The standard InChI is InChI=1S/C16H23NO4/c1-3-20-15(18)10-9-13(2)11-17-16(19)21-12-14-7-5-4-6-8-14/h4-8,13H,3,9-12H2,1-2H3,(H,17,19)/t13-/m0/s1. The topological polar surface area (TPSA) is 64.6 Å². The Morgan fingerprint density at radius 1 is 1.19 bits per heavy atom. The molecule has 5 heteroatoms. The number of carbonyl (C=O) groups excluding carboxylic acids is 2. The molecule has 0 aromatic heterocycles. The predicted molar refractivity (Wildman–Crippen MR) is 79.7 cm³/mol. The van der Waals surface area contributed by atoms with Crippen LogP contribution in [0.1, 0.15) is 32.3 Å². The summed E-state index contributed by atoms with van der Waals surface area (Å²) in [4.78, 5) is 22.7. The fraction of sp³-hybridized carbons (Fsp3) is 0.500. The van der Waals surface area contributed by atoms with Crippen LogP contribution >= 0.6 is 0 Å². The maximum atomic E-state index is 11.5. The van der Waals surface area contributed by atoms with Crippen molar-refractivity contribution >= 4 is 12.1 Å². The van der Waals surface area contributed by atoms with E-state index in [9.17, 15) is 9.59 Å². The molecule has 0 aliphatic carbocycles. The number of benzene rings is 1. The highest BCUT2D eigenvalue weighted by atomic mass is 16.5. The Morgan fingerprint density at radius 3 is 2.57 bits per heavy atom. The van der Waals surface area contributed by atoms with Gasteiger partial charge >= 0.3 is 12.1 Å². The number of hydrogen-bond acceptors (Lipinski definition) is 4. The minimum absolute atomic E-state index is 0.193. The first kappa shape index (κ1) is 17.0. The lowest BCUT2D eigenvalue weighted by Crippen LogP contribution is -2.29. The van der Waals surface area contributed by atoms with Crippen LogP contribution < -0.4 is 5.32 Å². The zero-order valence-electron chi connectivity index (χ0n) is 12.6. The van der Waals surface area contributed by atoms with E-state index >= 15 is 0 Å². The monoisotopic (exact) mass is 293 g/mol. The average Bonchev–Trinajstić information content (AvgIpc) is 2.50. The van der Waals surface area contributed by atoms with E-state index in [1.165, 1.54) is 0 Å². The molecule has 0 bridgehead atoms. The van der Waals surface area contributed by atoms with E-state index < -0.39 is 6.09 Å². The van der Waals surface area contributed by atoms with Crippen molar-refractivity contribution in [3.63, 3.8) is 0 Å². The summed E-state index contributed by atoms with van der Waals surface area (Å²) in [7, 11) is 0. The lowest BCUT2D eigenvalue weighted by Gasteiger charge is -2.12. The van der Waals surface area contributed by atoms with Crippen LogP contribution in [0, 0.1) is 5.92 Å². The van der Waals surface area contributed by atoms with Crippen LogP contribution in [-0.4, -0.2) is 25.2 Å². The molecule has 1 rings (SSSR count). The number of carbonyl (C=O) groups is 2. The first-order valence-electron chi connectivity index (χ1n) is 7.22. The number of amides is 1. The van der Waals surface area contributed by atoms with Gasteiger partial charge in [-0.3, -0.25) is 4.79 Å². The molecule has 1 aromatic carbocycles. The maximum Gasteiger partial charge on any atom is 0.407 e. The van der Waals surface area contributed by atoms with Gasteiger partial charge in [0.1, 0.15) is 6.61 Å². The van der Waals surface area contributed by atoms with Crippen LogP contribution in [0.25, 0.3) is 0 Å². The summed E-state index contributed by atoms with van der Waals surface area (Å²) in [5, 5.41) is 2.70. The highest BCUT2D eigenvalue weighted by Gasteiger charge is 2.09. The van der Waals surface area contributed by atoms with Gasteiger partial charge in [-0.25, -0.2) is 4.79 Å². The minimum Gasteiger partial charge on any atom is -0.466 e. The largest absolute Gasteiger partial charge is 0.466 e. The first-order chi connectivity index (χ1) is 10.1. The van der Waals surface area contributed by atoms with Crippen molar-refractivity contribution in [1.82, 2.24) is 5.32 Å². The Labute approximate surface area is 125 Å². The van der Waals surface area contributed by atoms with Crippen LogP contribution in [0.5, 0.6) is 0 Å². The Morgan fingerprint density at radius 2 is 1.90 bits per heavy atom. The summed E-state index contributed by atoms with van der Waals surface area (Å²) in [6, 6.07) is 9.50. The summed E-state index contributed by atoms with van der Waals surface area (Å²) >= 11 is 0. The summed E-state index contributed by atoms with van der Waals surface area (Å²) < 4.78 is 9.96. The number of ether oxygens (including phenoxy) is 2. The van der Waals surface area contributed by atoms with Crippen LogP contribution in [0.2, 0.25) is 0 Å². The van der Waals surface area contributed by atoms with E-state index in [1.807, 2.05) is 37.3 Å². The van der Waals surface area contributed by atoms with Crippen LogP contribution in [0.15, 0.2) is 30.3 Å². The van der Waals surface area contributed by atoms with E-state index in [0.29, 0.717) is 26.0 Å². The predicted octanol–water partition coefficient (Wildman–Crippen LogP) is 2.89. The van der Waals surface area contributed by atoms with E-state index in [4.69, 9.17) is 9.47 Å². The molecule has 1 atom stereocenters. The zero-order valence-corrected chi connectivity index (χ0v) is 12.6. The van der Waals surface area contributed by atoms with Crippen molar-refractivity contribution in [3.05, 3.63) is 35.9 Å². The van der Waals surface area contributed by atoms with Gasteiger partial charge in [0.15, 0.2) is 0 Å². The third-order valence-corrected chi connectivity index (χ3v) is 2.95. The minimum atomic E-state index is -0.443. The van der Waals surface area contributed by atoms with Crippen molar-refractivity contribution < 1.29 is 19.1 Å². The SMILES string of the molecule is CCOC(=O)CC[C@H](C)CNC(=O)OCc1ccccc1. The summed E-state index contributed by atoms with van der Waals surface area (Å²) in [6.45, 7) is 4.89. The van der Waals surface area contributed by atoms with Gasteiger partial charge in [0.05, 0.1) is 6.61 Å². The quantitative estimate of drug-likeness (QED) is 0.748. The maximum absolute atomic E-state index is 11.5. The van der Waals surface area contributed by atoms with Crippen molar-refractivity contribution in [2.75, 3.05) is 13.2 Å². The summed E-state index contributed by atoms with van der Waals surface area (Å²) in [6.07, 6.45) is 0.606. The van der Waals surface area contributed by atoms with Crippen LogP contribution in [0.4, 0.5) is 4.79 Å². The molecule has 21 heavy (non-hydrogen) atoms. The Hall–Kier alpha value is -2.04.